The van der Waals surface area contributed by atoms with Gasteiger partial charge in [0.05, 0.1) is 0 Å². The van der Waals surface area contributed by atoms with Crippen molar-refractivity contribution < 1.29 is 4.39 Å². The predicted octanol–water partition coefficient (Wildman–Crippen LogP) is 2.21. The van der Waals surface area contributed by atoms with E-state index in [2.05, 4.69) is 23.9 Å². The molecule has 1 aromatic rings. The number of hydrogen-bond acceptors (Lipinski definition) is 3. The summed E-state index contributed by atoms with van der Waals surface area (Å²) in [6.45, 7) is 1.44. The van der Waals surface area contributed by atoms with Gasteiger partial charge in [-0.3, -0.25) is 4.90 Å². The van der Waals surface area contributed by atoms with Crippen molar-refractivity contribution in [1.29, 1.82) is 0 Å². The number of piperidine rings is 1. The molecule has 2 saturated heterocycles. The lowest BCUT2D eigenvalue weighted by atomic mass is 9.81. The smallest absolute Gasteiger partial charge is 0.123 e. The van der Waals surface area contributed by atoms with E-state index >= 15 is 0 Å². The molecule has 0 amide bonds. The Morgan fingerprint density at radius 2 is 2.00 bits per heavy atom. The van der Waals surface area contributed by atoms with Crippen molar-refractivity contribution in [2.24, 2.45) is 5.73 Å². The van der Waals surface area contributed by atoms with Crippen LogP contribution in [-0.2, 0) is 6.54 Å². The third kappa shape index (κ3) is 2.72. The van der Waals surface area contributed by atoms with E-state index in [9.17, 15) is 4.39 Å². The van der Waals surface area contributed by atoms with Crippen LogP contribution < -0.4 is 5.73 Å². The number of fused-ring (bicyclic) bond motifs is 2. The molecule has 2 aliphatic heterocycles. The number of benzene rings is 1. The SMILES string of the molecule is CN1C2CCC1CC(CN)(N(C)Cc1cccc(F)c1)C2. The summed E-state index contributed by atoms with van der Waals surface area (Å²) in [5.41, 5.74) is 7.27. The average Bonchev–Trinajstić information content (AvgIpc) is 2.70. The number of nitrogens with two attached hydrogens (primary N) is 1. The Hall–Kier alpha value is -0.970. The highest BCUT2D eigenvalue weighted by Gasteiger charge is 2.48. The fourth-order valence-electron chi connectivity index (χ4n) is 4.25. The van der Waals surface area contributed by atoms with Gasteiger partial charge in [0.15, 0.2) is 0 Å². The Bertz CT molecular complexity index is 491. The van der Waals surface area contributed by atoms with E-state index in [4.69, 9.17) is 5.73 Å². The number of nitrogens with zero attached hydrogens (tertiary/aromatic N) is 2. The highest BCUT2D eigenvalue weighted by molar-refractivity contribution is 5.17. The quantitative estimate of drug-likeness (QED) is 0.923. The maximum Gasteiger partial charge on any atom is 0.123 e. The highest BCUT2D eigenvalue weighted by atomic mass is 19.1. The number of likely N-dealkylation sites (N-methyl/N-ethyl adjacent to an activating group) is 1. The Balaban J connectivity index is 1.77. The minimum absolute atomic E-state index is 0.0602. The van der Waals surface area contributed by atoms with Crippen LogP contribution in [-0.4, -0.2) is 48.1 Å². The van der Waals surface area contributed by atoms with Gasteiger partial charge in [0.25, 0.3) is 0 Å². The summed E-state index contributed by atoms with van der Waals surface area (Å²) in [6, 6.07) is 8.21. The van der Waals surface area contributed by atoms with E-state index in [1.165, 1.54) is 18.9 Å². The largest absolute Gasteiger partial charge is 0.329 e. The molecule has 2 unspecified atom stereocenters. The van der Waals surface area contributed by atoms with Crippen molar-refractivity contribution in [3.05, 3.63) is 35.6 Å². The Labute approximate surface area is 126 Å². The average molecular weight is 291 g/mol. The van der Waals surface area contributed by atoms with Crippen LogP contribution >= 0.6 is 0 Å². The monoisotopic (exact) mass is 291 g/mol. The summed E-state index contributed by atoms with van der Waals surface area (Å²) in [5.74, 6) is -0.161. The normalized spacial score (nSPS) is 32.8. The number of halogens is 1. The van der Waals surface area contributed by atoms with Gasteiger partial charge < -0.3 is 10.6 Å². The minimum Gasteiger partial charge on any atom is -0.329 e. The second-order valence-corrected chi connectivity index (χ2v) is 6.87. The highest BCUT2D eigenvalue weighted by Crippen LogP contribution is 2.42. The van der Waals surface area contributed by atoms with Crippen molar-refractivity contribution >= 4 is 0 Å². The Morgan fingerprint density at radius 1 is 1.33 bits per heavy atom. The lowest BCUT2D eigenvalue weighted by Crippen LogP contribution is -2.60. The van der Waals surface area contributed by atoms with Gasteiger partial charge >= 0.3 is 0 Å². The van der Waals surface area contributed by atoms with Crippen molar-refractivity contribution in [3.8, 4) is 0 Å². The van der Waals surface area contributed by atoms with Crippen LogP contribution in [0.15, 0.2) is 24.3 Å². The molecule has 2 fully saturated rings. The second-order valence-electron chi connectivity index (χ2n) is 6.87. The molecular formula is C17H26FN3. The van der Waals surface area contributed by atoms with E-state index in [0.29, 0.717) is 18.6 Å². The predicted molar refractivity (Wildman–Crippen MR) is 83.5 cm³/mol. The van der Waals surface area contributed by atoms with Crippen LogP contribution in [0.25, 0.3) is 0 Å². The van der Waals surface area contributed by atoms with Crippen molar-refractivity contribution in [2.75, 3.05) is 20.6 Å². The molecule has 2 bridgehead atoms. The lowest BCUT2D eigenvalue weighted by molar-refractivity contribution is 0.0117. The molecule has 116 valence electrons. The van der Waals surface area contributed by atoms with Gasteiger partial charge in [-0.1, -0.05) is 12.1 Å². The molecule has 0 aromatic heterocycles. The zero-order valence-electron chi connectivity index (χ0n) is 13.1. The van der Waals surface area contributed by atoms with Crippen LogP contribution in [0.5, 0.6) is 0 Å². The summed E-state index contributed by atoms with van der Waals surface area (Å²) < 4.78 is 13.4. The molecular weight excluding hydrogens is 265 g/mol. The molecule has 0 saturated carbocycles. The van der Waals surface area contributed by atoms with Crippen LogP contribution in [0.1, 0.15) is 31.2 Å². The molecule has 3 rings (SSSR count). The fraction of sp³-hybridized carbons (Fsp3) is 0.647. The van der Waals surface area contributed by atoms with Crippen molar-refractivity contribution in [3.63, 3.8) is 0 Å². The van der Waals surface area contributed by atoms with Gasteiger partial charge in [-0.05, 0) is 57.5 Å². The van der Waals surface area contributed by atoms with Gasteiger partial charge in [-0.2, -0.15) is 0 Å². The summed E-state index contributed by atoms with van der Waals surface area (Å²) in [4.78, 5) is 4.89. The molecule has 21 heavy (non-hydrogen) atoms. The molecule has 0 aliphatic carbocycles. The van der Waals surface area contributed by atoms with Gasteiger partial charge in [0.1, 0.15) is 5.82 Å². The zero-order valence-corrected chi connectivity index (χ0v) is 13.1. The van der Waals surface area contributed by atoms with E-state index in [1.807, 2.05) is 6.07 Å². The molecule has 3 nitrogen and oxygen atoms in total. The number of hydrogen-bond donors (Lipinski definition) is 1. The molecule has 2 aliphatic rings. The number of rotatable bonds is 4. The molecule has 0 radical (unpaired) electrons. The molecule has 4 heteroatoms. The zero-order chi connectivity index (χ0) is 15.0. The third-order valence-corrected chi connectivity index (χ3v) is 5.71. The Morgan fingerprint density at radius 3 is 2.57 bits per heavy atom. The van der Waals surface area contributed by atoms with Crippen LogP contribution in [0.3, 0.4) is 0 Å². The standard InChI is InChI=1S/C17H26FN3/c1-20(11-13-4-3-5-14(18)8-13)17(12-19)9-15-6-7-16(10-17)21(15)2/h3-5,8,15-16H,6-7,9-12,19H2,1-2H3. The summed E-state index contributed by atoms with van der Waals surface area (Å²) >= 11 is 0. The first kappa shape index (κ1) is 14.9. The maximum atomic E-state index is 13.4. The molecule has 2 heterocycles. The van der Waals surface area contributed by atoms with Gasteiger partial charge in [-0.15, -0.1) is 0 Å². The van der Waals surface area contributed by atoms with E-state index in [1.54, 1.807) is 12.1 Å². The van der Waals surface area contributed by atoms with E-state index < -0.39 is 0 Å². The second kappa shape index (κ2) is 5.67. The van der Waals surface area contributed by atoms with E-state index in [0.717, 1.165) is 24.9 Å². The molecule has 2 atom stereocenters. The summed E-state index contributed by atoms with van der Waals surface area (Å²) in [5, 5.41) is 0. The minimum atomic E-state index is -0.161. The van der Waals surface area contributed by atoms with Gasteiger partial charge in [0, 0.05) is 30.7 Å². The van der Waals surface area contributed by atoms with Crippen molar-refractivity contribution in [1.82, 2.24) is 9.80 Å². The first-order valence-corrected chi connectivity index (χ1v) is 7.92. The first-order valence-electron chi connectivity index (χ1n) is 7.92. The van der Waals surface area contributed by atoms with Crippen molar-refractivity contribution in [2.45, 2.75) is 49.9 Å². The fourth-order valence-corrected chi connectivity index (χ4v) is 4.25. The molecule has 0 spiro atoms. The Kier molecular flexibility index (Phi) is 4.04. The lowest BCUT2D eigenvalue weighted by Gasteiger charge is -2.50. The molecule has 2 N–H and O–H groups in total. The van der Waals surface area contributed by atoms with Crippen LogP contribution in [0.4, 0.5) is 4.39 Å². The van der Waals surface area contributed by atoms with Crippen LogP contribution in [0.2, 0.25) is 0 Å². The van der Waals surface area contributed by atoms with Gasteiger partial charge in [0.2, 0.25) is 0 Å². The first-order chi connectivity index (χ1) is 10.0. The summed E-state index contributed by atoms with van der Waals surface area (Å²) in [7, 11) is 4.39. The topological polar surface area (TPSA) is 32.5 Å². The third-order valence-electron chi connectivity index (χ3n) is 5.71. The van der Waals surface area contributed by atoms with Gasteiger partial charge in [-0.25, -0.2) is 4.39 Å². The maximum absolute atomic E-state index is 13.4. The van der Waals surface area contributed by atoms with E-state index in [-0.39, 0.29) is 11.4 Å². The molecule has 1 aromatic carbocycles. The summed E-state index contributed by atoms with van der Waals surface area (Å²) in [6.07, 6.45) is 4.83. The van der Waals surface area contributed by atoms with Crippen LogP contribution in [0, 0.1) is 5.82 Å².